The van der Waals surface area contributed by atoms with Crippen LogP contribution in [0.2, 0.25) is 0 Å². The van der Waals surface area contributed by atoms with Gasteiger partial charge in [-0.3, -0.25) is 9.59 Å². The summed E-state index contributed by atoms with van der Waals surface area (Å²) >= 11 is 0. The summed E-state index contributed by atoms with van der Waals surface area (Å²) in [5.74, 6) is -1.44. The zero-order valence-electron chi connectivity index (χ0n) is 13.4. The van der Waals surface area contributed by atoms with Crippen LogP contribution in [-0.4, -0.2) is 23.6 Å². The highest BCUT2D eigenvalue weighted by Crippen LogP contribution is 2.34. The fourth-order valence-corrected chi connectivity index (χ4v) is 3.01. The summed E-state index contributed by atoms with van der Waals surface area (Å²) in [7, 11) is 0. The number of ether oxygens (including phenoxy) is 1. The predicted octanol–water partition coefficient (Wildman–Crippen LogP) is 3.02. The van der Waals surface area contributed by atoms with E-state index in [1.165, 1.54) is 24.3 Å². The van der Waals surface area contributed by atoms with Crippen molar-refractivity contribution in [1.82, 2.24) is 5.32 Å². The van der Waals surface area contributed by atoms with E-state index in [0.717, 1.165) is 5.56 Å². The molecule has 2 aromatic carbocycles. The van der Waals surface area contributed by atoms with Crippen LogP contribution in [0.3, 0.4) is 0 Å². The lowest BCUT2D eigenvalue weighted by molar-refractivity contribution is -0.137. The number of benzene rings is 2. The van der Waals surface area contributed by atoms with Gasteiger partial charge in [-0.2, -0.15) is 0 Å². The molecule has 5 nitrogen and oxygen atoms in total. The van der Waals surface area contributed by atoms with Crippen molar-refractivity contribution in [1.29, 1.82) is 0 Å². The fraction of sp³-hybridized carbons (Fsp3) is 0.263. The van der Waals surface area contributed by atoms with Crippen LogP contribution in [0.5, 0.6) is 5.75 Å². The minimum absolute atomic E-state index is 0.258. The number of carbonyl (C=O) groups excluding carboxylic acids is 1. The van der Waals surface area contributed by atoms with E-state index in [-0.39, 0.29) is 12.3 Å². The second-order valence-corrected chi connectivity index (χ2v) is 5.94. The molecule has 0 bridgehead atoms. The van der Waals surface area contributed by atoms with Gasteiger partial charge in [0.15, 0.2) is 0 Å². The first-order valence-corrected chi connectivity index (χ1v) is 8.04. The quantitative estimate of drug-likeness (QED) is 0.875. The maximum Gasteiger partial charge on any atom is 0.305 e. The zero-order chi connectivity index (χ0) is 17.8. The molecule has 2 aromatic rings. The maximum atomic E-state index is 13.1. The molecule has 1 heterocycles. The number of carboxylic acid groups (broad SMARTS) is 1. The highest BCUT2D eigenvalue weighted by molar-refractivity contribution is 5.85. The van der Waals surface area contributed by atoms with Gasteiger partial charge in [-0.25, -0.2) is 4.39 Å². The number of hydrogen-bond donors (Lipinski definition) is 2. The third-order valence-corrected chi connectivity index (χ3v) is 4.24. The minimum atomic E-state index is -1.04. The first kappa shape index (κ1) is 17.0. The molecular weight excluding hydrogens is 325 g/mol. The number of halogens is 1. The van der Waals surface area contributed by atoms with Gasteiger partial charge in [0.05, 0.1) is 25.0 Å². The number of nitrogens with one attached hydrogen (secondary N) is 1. The van der Waals surface area contributed by atoms with E-state index < -0.39 is 23.7 Å². The van der Waals surface area contributed by atoms with E-state index in [2.05, 4.69) is 5.32 Å². The van der Waals surface area contributed by atoms with Crippen LogP contribution < -0.4 is 10.1 Å². The Morgan fingerprint density at radius 1 is 1.20 bits per heavy atom. The lowest BCUT2D eigenvalue weighted by atomic mass is 9.91. The van der Waals surface area contributed by atoms with E-state index in [1.54, 1.807) is 0 Å². The molecule has 25 heavy (non-hydrogen) atoms. The number of carbonyl (C=O) groups is 2. The fourth-order valence-electron chi connectivity index (χ4n) is 3.01. The molecule has 1 aliphatic rings. The first-order valence-electron chi connectivity index (χ1n) is 8.04. The molecule has 1 amide bonds. The molecule has 3 rings (SSSR count). The molecule has 0 saturated heterocycles. The van der Waals surface area contributed by atoms with E-state index in [4.69, 9.17) is 9.84 Å². The van der Waals surface area contributed by atoms with Gasteiger partial charge in [0.25, 0.3) is 0 Å². The van der Waals surface area contributed by atoms with Crippen molar-refractivity contribution in [2.24, 2.45) is 0 Å². The number of hydrogen-bond acceptors (Lipinski definition) is 3. The van der Waals surface area contributed by atoms with Gasteiger partial charge >= 0.3 is 5.97 Å². The van der Waals surface area contributed by atoms with Crippen LogP contribution in [0.15, 0.2) is 48.5 Å². The van der Waals surface area contributed by atoms with Crippen LogP contribution in [0.1, 0.15) is 35.9 Å². The molecule has 1 aliphatic heterocycles. The SMILES string of the molecule is O=C(O)CC(NC(=O)C1CCOc2ccccc21)c1ccc(F)cc1. The lowest BCUT2D eigenvalue weighted by Crippen LogP contribution is -2.36. The predicted molar refractivity (Wildman–Crippen MR) is 88.8 cm³/mol. The second kappa shape index (κ2) is 7.34. The van der Waals surface area contributed by atoms with Crippen molar-refractivity contribution in [3.63, 3.8) is 0 Å². The van der Waals surface area contributed by atoms with Crippen molar-refractivity contribution in [3.05, 3.63) is 65.5 Å². The van der Waals surface area contributed by atoms with E-state index in [1.807, 2.05) is 24.3 Å². The second-order valence-electron chi connectivity index (χ2n) is 5.94. The Balaban J connectivity index is 1.81. The third-order valence-electron chi connectivity index (χ3n) is 4.24. The van der Waals surface area contributed by atoms with Gasteiger partial charge in [-0.1, -0.05) is 30.3 Å². The molecule has 130 valence electrons. The van der Waals surface area contributed by atoms with Gasteiger partial charge in [0.1, 0.15) is 11.6 Å². The number of fused-ring (bicyclic) bond motifs is 1. The van der Waals surface area contributed by atoms with E-state index >= 15 is 0 Å². The summed E-state index contributed by atoms with van der Waals surface area (Å²) in [6.07, 6.45) is 0.244. The minimum Gasteiger partial charge on any atom is -0.493 e. The van der Waals surface area contributed by atoms with Crippen LogP contribution in [-0.2, 0) is 9.59 Å². The molecule has 6 heteroatoms. The Kier molecular flexibility index (Phi) is 4.97. The van der Waals surface area contributed by atoms with Crippen molar-refractivity contribution < 1.29 is 23.8 Å². The summed E-state index contributed by atoms with van der Waals surface area (Å²) in [5, 5.41) is 11.9. The highest BCUT2D eigenvalue weighted by atomic mass is 19.1. The molecule has 2 atom stereocenters. The average molecular weight is 343 g/mol. The van der Waals surface area contributed by atoms with Gasteiger partial charge in [0, 0.05) is 5.56 Å². The summed E-state index contributed by atoms with van der Waals surface area (Å²) in [6.45, 7) is 0.426. The van der Waals surface area contributed by atoms with Gasteiger partial charge in [-0.05, 0) is 30.2 Å². The number of carboxylic acids is 1. The largest absolute Gasteiger partial charge is 0.493 e. The van der Waals surface area contributed by atoms with Crippen molar-refractivity contribution in [2.45, 2.75) is 24.8 Å². The molecule has 2 N–H and O–H groups in total. The van der Waals surface area contributed by atoms with Crippen LogP contribution >= 0.6 is 0 Å². The smallest absolute Gasteiger partial charge is 0.305 e. The Morgan fingerprint density at radius 2 is 1.92 bits per heavy atom. The van der Waals surface area contributed by atoms with Crippen molar-refractivity contribution >= 4 is 11.9 Å². The Labute approximate surface area is 144 Å². The summed E-state index contributed by atoms with van der Waals surface area (Å²) in [5.41, 5.74) is 1.34. The molecule has 0 spiro atoms. The van der Waals surface area contributed by atoms with Gasteiger partial charge in [-0.15, -0.1) is 0 Å². The zero-order valence-corrected chi connectivity index (χ0v) is 13.4. The Bertz CT molecular complexity index is 775. The monoisotopic (exact) mass is 343 g/mol. The Hall–Kier alpha value is -2.89. The molecule has 0 radical (unpaired) electrons. The standard InChI is InChI=1S/C19H18FNO4/c20-13-7-5-12(6-8-13)16(11-18(22)23)21-19(24)15-9-10-25-17-4-2-1-3-14(15)17/h1-8,15-16H,9-11H2,(H,21,24)(H,22,23). The molecule has 0 fully saturated rings. The van der Waals surface area contributed by atoms with Gasteiger partial charge in [0.2, 0.25) is 5.91 Å². The topological polar surface area (TPSA) is 75.6 Å². The first-order chi connectivity index (χ1) is 12.0. The molecular formula is C19H18FNO4. The van der Waals surface area contributed by atoms with Crippen LogP contribution in [0, 0.1) is 5.82 Å². The highest BCUT2D eigenvalue weighted by Gasteiger charge is 2.29. The normalized spacial score (nSPS) is 17.1. The summed E-state index contributed by atoms with van der Waals surface area (Å²) < 4.78 is 18.7. The Morgan fingerprint density at radius 3 is 2.64 bits per heavy atom. The van der Waals surface area contributed by atoms with E-state index in [0.29, 0.717) is 24.3 Å². The molecule has 2 unspecified atom stereocenters. The lowest BCUT2D eigenvalue weighted by Gasteiger charge is -2.27. The number of para-hydroxylation sites is 1. The average Bonchev–Trinajstić information content (AvgIpc) is 2.61. The third kappa shape index (κ3) is 3.96. The summed E-state index contributed by atoms with van der Waals surface area (Å²) in [4.78, 5) is 23.9. The number of rotatable bonds is 5. The number of aliphatic carboxylic acids is 1. The maximum absolute atomic E-state index is 13.1. The van der Waals surface area contributed by atoms with E-state index in [9.17, 15) is 14.0 Å². The number of amides is 1. The van der Waals surface area contributed by atoms with Crippen LogP contribution in [0.4, 0.5) is 4.39 Å². The summed E-state index contributed by atoms with van der Waals surface area (Å²) in [6, 6.07) is 12.1. The van der Waals surface area contributed by atoms with Crippen molar-refractivity contribution in [3.8, 4) is 5.75 Å². The molecule has 0 aromatic heterocycles. The molecule has 0 aliphatic carbocycles. The van der Waals surface area contributed by atoms with Crippen LogP contribution in [0.25, 0.3) is 0 Å². The van der Waals surface area contributed by atoms with Crippen molar-refractivity contribution in [2.75, 3.05) is 6.61 Å². The molecule has 0 saturated carbocycles. The van der Waals surface area contributed by atoms with Gasteiger partial charge < -0.3 is 15.2 Å².